The van der Waals surface area contributed by atoms with Gasteiger partial charge in [-0.1, -0.05) is 0 Å². The summed E-state index contributed by atoms with van der Waals surface area (Å²) >= 11 is 2.12. The first-order valence-electron chi connectivity index (χ1n) is 4.58. The van der Waals surface area contributed by atoms with E-state index in [0.717, 1.165) is 9.13 Å². The quantitative estimate of drug-likeness (QED) is 0.488. The van der Waals surface area contributed by atoms with Crippen LogP contribution in [0.1, 0.15) is 5.56 Å². The molecule has 7 heteroatoms. The Kier molecular flexibility index (Phi) is 5.01. The summed E-state index contributed by atoms with van der Waals surface area (Å²) in [4.78, 5) is 10.4. The second-order valence-electron chi connectivity index (χ2n) is 2.97. The van der Waals surface area contributed by atoms with E-state index in [1.807, 2.05) is 6.07 Å². The van der Waals surface area contributed by atoms with Crippen molar-refractivity contribution in [1.82, 2.24) is 5.43 Å². The molecule has 0 aromatic heterocycles. The predicted molar refractivity (Wildman–Crippen MR) is 72.6 cm³/mol. The fourth-order valence-electron chi connectivity index (χ4n) is 1.18. The molecule has 2 amide bonds. The van der Waals surface area contributed by atoms with Gasteiger partial charge in [0.1, 0.15) is 0 Å². The molecule has 0 aliphatic rings. The van der Waals surface area contributed by atoms with Crippen molar-refractivity contribution in [3.63, 3.8) is 0 Å². The summed E-state index contributed by atoms with van der Waals surface area (Å²) in [7, 11) is 3.12. The van der Waals surface area contributed by atoms with E-state index in [4.69, 9.17) is 15.2 Å². The van der Waals surface area contributed by atoms with Gasteiger partial charge in [-0.05, 0) is 40.3 Å². The lowest BCUT2D eigenvalue weighted by atomic mass is 10.2. The Morgan fingerprint density at radius 2 is 2.18 bits per heavy atom. The van der Waals surface area contributed by atoms with Crippen LogP contribution in [0.4, 0.5) is 4.79 Å². The lowest BCUT2D eigenvalue weighted by Crippen LogP contribution is -2.24. The van der Waals surface area contributed by atoms with Gasteiger partial charge in [0, 0.05) is 0 Å². The third kappa shape index (κ3) is 3.77. The van der Waals surface area contributed by atoms with Crippen LogP contribution >= 0.6 is 22.6 Å². The van der Waals surface area contributed by atoms with Crippen molar-refractivity contribution in [3.8, 4) is 11.5 Å². The van der Waals surface area contributed by atoms with Gasteiger partial charge in [-0.15, -0.1) is 0 Å². The predicted octanol–water partition coefficient (Wildman–Crippen LogP) is 1.31. The zero-order valence-electron chi connectivity index (χ0n) is 9.36. The van der Waals surface area contributed by atoms with Gasteiger partial charge in [-0.2, -0.15) is 5.10 Å². The first-order valence-corrected chi connectivity index (χ1v) is 5.66. The van der Waals surface area contributed by atoms with Gasteiger partial charge in [-0.25, -0.2) is 10.2 Å². The highest BCUT2D eigenvalue weighted by Gasteiger charge is 2.09. The molecule has 0 atom stereocenters. The minimum Gasteiger partial charge on any atom is -0.493 e. The average molecular weight is 349 g/mol. The molecule has 3 N–H and O–H groups in total. The number of rotatable bonds is 4. The van der Waals surface area contributed by atoms with Gasteiger partial charge >= 0.3 is 6.03 Å². The molecule has 1 rings (SSSR count). The number of benzene rings is 1. The van der Waals surface area contributed by atoms with Gasteiger partial charge in [0.15, 0.2) is 11.5 Å². The number of urea groups is 1. The monoisotopic (exact) mass is 349 g/mol. The van der Waals surface area contributed by atoms with Crippen molar-refractivity contribution in [2.75, 3.05) is 14.2 Å². The molecular weight excluding hydrogens is 337 g/mol. The number of primary amides is 1. The minimum absolute atomic E-state index is 0.597. The van der Waals surface area contributed by atoms with Crippen molar-refractivity contribution in [2.45, 2.75) is 0 Å². The van der Waals surface area contributed by atoms with E-state index in [2.05, 4.69) is 33.1 Å². The van der Waals surface area contributed by atoms with Crippen LogP contribution in [-0.2, 0) is 0 Å². The van der Waals surface area contributed by atoms with E-state index in [0.29, 0.717) is 11.5 Å². The molecule has 0 aliphatic heterocycles. The number of nitrogens with two attached hydrogens (primary N) is 1. The highest BCUT2D eigenvalue weighted by Crippen LogP contribution is 2.32. The second kappa shape index (κ2) is 6.28. The van der Waals surface area contributed by atoms with Gasteiger partial charge < -0.3 is 15.2 Å². The summed E-state index contributed by atoms with van der Waals surface area (Å²) in [5.74, 6) is 1.26. The largest absolute Gasteiger partial charge is 0.493 e. The Labute approximate surface area is 112 Å². The maximum absolute atomic E-state index is 10.4. The first kappa shape index (κ1) is 13.6. The molecule has 0 saturated heterocycles. The molecule has 0 unspecified atom stereocenters. The zero-order chi connectivity index (χ0) is 12.8. The number of nitrogens with zero attached hydrogens (tertiary/aromatic N) is 1. The van der Waals surface area contributed by atoms with Crippen molar-refractivity contribution in [2.24, 2.45) is 10.8 Å². The van der Waals surface area contributed by atoms with Crippen LogP contribution in [0.3, 0.4) is 0 Å². The molecule has 0 radical (unpaired) electrons. The Bertz CT molecular complexity index is 449. The van der Waals surface area contributed by atoms with E-state index in [1.54, 1.807) is 20.3 Å². The Hall–Kier alpha value is -1.51. The Morgan fingerprint density at radius 1 is 1.47 bits per heavy atom. The number of hydrogen-bond donors (Lipinski definition) is 2. The topological polar surface area (TPSA) is 85.9 Å². The van der Waals surface area contributed by atoms with E-state index in [-0.39, 0.29) is 0 Å². The van der Waals surface area contributed by atoms with Crippen molar-refractivity contribution in [3.05, 3.63) is 21.3 Å². The van der Waals surface area contributed by atoms with E-state index in [1.165, 1.54) is 6.21 Å². The zero-order valence-corrected chi connectivity index (χ0v) is 11.5. The summed E-state index contributed by atoms with van der Waals surface area (Å²) in [5, 5.41) is 3.66. The third-order valence-corrected chi connectivity index (χ3v) is 2.65. The van der Waals surface area contributed by atoms with Crippen LogP contribution in [0.15, 0.2) is 17.2 Å². The SMILES string of the molecule is COc1cc(/C=N\NC(N)=O)cc(I)c1OC. The highest BCUT2D eigenvalue weighted by molar-refractivity contribution is 14.1. The summed E-state index contributed by atoms with van der Waals surface area (Å²) in [6.45, 7) is 0. The summed E-state index contributed by atoms with van der Waals surface area (Å²) in [6.07, 6.45) is 1.47. The van der Waals surface area contributed by atoms with Gasteiger partial charge in [0.2, 0.25) is 0 Å². The number of hydrogen-bond acceptors (Lipinski definition) is 4. The molecule has 0 fully saturated rings. The van der Waals surface area contributed by atoms with Gasteiger partial charge in [-0.3, -0.25) is 0 Å². The van der Waals surface area contributed by atoms with Gasteiger partial charge in [0.25, 0.3) is 0 Å². The van der Waals surface area contributed by atoms with E-state index in [9.17, 15) is 4.79 Å². The normalized spacial score (nSPS) is 10.3. The van der Waals surface area contributed by atoms with Crippen molar-refractivity contribution < 1.29 is 14.3 Å². The maximum atomic E-state index is 10.4. The number of hydrazone groups is 1. The first-order chi connectivity index (χ1) is 8.08. The molecule has 1 aromatic carbocycles. The maximum Gasteiger partial charge on any atom is 0.332 e. The fraction of sp³-hybridized carbons (Fsp3) is 0.200. The lowest BCUT2D eigenvalue weighted by molar-refractivity contribution is 0.249. The smallest absolute Gasteiger partial charge is 0.332 e. The number of halogens is 1. The van der Waals surface area contributed by atoms with Crippen LogP contribution in [0.25, 0.3) is 0 Å². The van der Waals surface area contributed by atoms with E-state index < -0.39 is 6.03 Å². The average Bonchev–Trinajstić information content (AvgIpc) is 2.27. The molecule has 92 valence electrons. The molecule has 0 aliphatic carbocycles. The number of nitrogens with one attached hydrogen (secondary N) is 1. The van der Waals surface area contributed by atoms with Crippen molar-refractivity contribution in [1.29, 1.82) is 0 Å². The van der Waals surface area contributed by atoms with Crippen molar-refractivity contribution >= 4 is 34.8 Å². The van der Waals surface area contributed by atoms with Crippen LogP contribution in [-0.4, -0.2) is 26.5 Å². The van der Waals surface area contributed by atoms with Crippen LogP contribution in [0.2, 0.25) is 0 Å². The Morgan fingerprint density at radius 3 is 2.71 bits per heavy atom. The fourth-order valence-corrected chi connectivity index (χ4v) is 2.03. The van der Waals surface area contributed by atoms with E-state index >= 15 is 0 Å². The number of amides is 2. The molecule has 0 bridgehead atoms. The van der Waals surface area contributed by atoms with Crippen LogP contribution in [0, 0.1) is 3.57 Å². The summed E-state index contributed by atoms with van der Waals surface area (Å²) in [6, 6.07) is 2.87. The van der Waals surface area contributed by atoms with Crippen LogP contribution in [0.5, 0.6) is 11.5 Å². The molecule has 1 aromatic rings. The molecule has 0 spiro atoms. The second-order valence-corrected chi connectivity index (χ2v) is 4.13. The number of ether oxygens (including phenoxy) is 2. The summed E-state index contributed by atoms with van der Waals surface area (Å²) in [5.41, 5.74) is 7.76. The molecular formula is C10H12IN3O3. The van der Waals surface area contributed by atoms with Crippen LogP contribution < -0.4 is 20.6 Å². The molecule has 0 saturated carbocycles. The number of carbonyl (C=O) groups excluding carboxylic acids is 1. The Balaban J connectivity index is 2.99. The minimum atomic E-state index is -0.712. The lowest BCUT2D eigenvalue weighted by Gasteiger charge is -2.10. The summed E-state index contributed by atoms with van der Waals surface area (Å²) < 4.78 is 11.3. The van der Waals surface area contributed by atoms with Gasteiger partial charge in [0.05, 0.1) is 24.0 Å². The third-order valence-electron chi connectivity index (χ3n) is 1.84. The molecule has 6 nitrogen and oxygen atoms in total. The standard InChI is InChI=1S/C10H12IN3O3/c1-16-8-4-6(5-13-14-10(12)15)3-7(11)9(8)17-2/h3-5H,1-2H3,(H3,12,14,15)/b13-5-. The molecule has 0 heterocycles. The highest BCUT2D eigenvalue weighted by atomic mass is 127. The number of carbonyl (C=O) groups is 1. The number of methoxy groups -OCH3 is 2. The molecule has 17 heavy (non-hydrogen) atoms.